The maximum absolute atomic E-state index is 13.5. The zero-order chi connectivity index (χ0) is 95.5. The number of carbonyl (C=O) groups excluding carboxylic acids is 2. The summed E-state index contributed by atoms with van der Waals surface area (Å²) in [5.74, 6) is 5.98. The summed E-state index contributed by atoms with van der Waals surface area (Å²) in [6.45, 7) is 13.0. The number of aryl methyl sites for hydroxylation is 3. The van der Waals surface area contributed by atoms with Gasteiger partial charge in [0.15, 0.2) is 28.8 Å². The minimum atomic E-state index is -0.341. The van der Waals surface area contributed by atoms with Crippen LogP contribution in [0.15, 0.2) is 254 Å². The minimum absolute atomic E-state index is 0.0149. The van der Waals surface area contributed by atoms with Gasteiger partial charge >= 0.3 is 0 Å². The highest BCUT2D eigenvalue weighted by atomic mass is 35.5. The third kappa shape index (κ3) is 18.8. The maximum Gasteiger partial charge on any atom is 0.254 e. The molecule has 2 saturated heterocycles. The molecule has 26 nitrogen and oxygen atoms in total. The summed E-state index contributed by atoms with van der Waals surface area (Å²) in [6.07, 6.45) is 9.34. The van der Waals surface area contributed by atoms with Crippen molar-refractivity contribution in [2.75, 3.05) is 81.4 Å². The number of morpholine rings is 1. The Morgan fingerprint density at radius 3 is 1.34 bits per heavy atom. The van der Waals surface area contributed by atoms with Gasteiger partial charge in [-0.25, -0.2) is 8.78 Å². The number of methoxy groups -OCH3 is 4. The van der Waals surface area contributed by atoms with Crippen molar-refractivity contribution in [2.24, 2.45) is 0 Å². The Balaban J connectivity index is 0.000000116. The van der Waals surface area contributed by atoms with Crippen LogP contribution in [-0.4, -0.2) is 136 Å². The Bertz CT molecular complexity index is 7680. The van der Waals surface area contributed by atoms with Crippen molar-refractivity contribution in [2.45, 2.75) is 53.2 Å². The lowest BCUT2D eigenvalue weighted by Gasteiger charge is -2.26. The summed E-state index contributed by atoms with van der Waals surface area (Å²) >= 11 is 5.77. The molecule has 4 aliphatic heterocycles. The Hall–Kier alpha value is -17.2. The molecule has 0 atom stereocenters. The standard InChI is InChI=1S/C23H23N3O3.C23H23N3O2.C21H20N2O3.2C16H9FN2O2.C9H5ClN2/c1-3-26-21-14-18(28-2)8-9-19(21)20(15-24)22(26)16-4-6-17(7-5-16)23(27)25-10-12-29-13-11-25;1-3-26-21-14-18(28-2)10-11-19(21)20(15-24)22(26)16-6-8-17(9-7-16)23(27)25-12-4-5-13-25;1-4-23-13-18(17-10-9-16(25-3)11-20(17)23)19-12-21(26-22-19)14-5-7-15(24-2)8-6-14;2*17-11-1-3-13-10(7-18)8-19(14(13)5-11)12-2-4-15-16(6-12)21-9-20-15;10-7-1-2-8-6(4-11)5-12-9(8)3-7/h4-9,14H,3,10-13H2,1-2H3;6-11,14H,3-5,12-13H2,1-2H3;5-13H,4H2,1-3H3;2*1-6,8H,9H2;1-3,5,12H. The average molecular weight is 1850 g/mol. The Kier molecular flexibility index (Phi) is 27.3. The molecule has 2 fully saturated rings. The minimum Gasteiger partial charge on any atom is -0.497 e. The topological polar surface area (TPSA) is 309 Å². The molecule has 0 spiro atoms. The molecule has 0 aliphatic carbocycles. The van der Waals surface area contributed by atoms with Crippen molar-refractivity contribution in [3.63, 3.8) is 0 Å². The van der Waals surface area contributed by atoms with Crippen molar-refractivity contribution >= 4 is 88.8 Å². The number of nitrogens with zero attached hydrogens (tertiary/aromatic N) is 13. The number of nitrogens with one attached hydrogen (secondary N) is 1. The fourth-order valence-electron chi connectivity index (χ4n) is 17.4. The number of H-pyrrole nitrogens is 1. The van der Waals surface area contributed by atoms with Crippen LogP contribution < -0.4 is 37.9 Å². The van der Waals surface area contributed by atoms with Gasteiger partial charge < -0.3 is 84.8 Å². The van der Waals surface area contributed by atoms with Gasteiger partial charge in [0.05, 0.1) is 108 Å². The largest absolute Gasteiger partial charge is 0.497 e. The first-order valence-electron chi connectivity index (χ1n) is 44.2. The van der Waals surface area contributed by atoms with Gasteiger partial charge in [-0.2, -0.15) is 26.3 Å². The number of hydrogen-bond acceptors (Lipinski definition) is 18. The summed E-state index contributed by atoms with van der Waals surface area (Å²) in [5.41, 5.74) is 17.6. The van der Waals surface area contributed by atoms with Gasteiger partial charge in [-0.15, -0.1) is 0 Å². The van der Waals surface area contributed by atoms with E-state index in [1.807, 2.05) is 168 Å². The molecular weight excluding hydrogens is 1760 g/mol. The van der Waals surface area contributed by atoms with Crippen LogP contribution in [0.25, 0.3) is 122 Å². The number of ether oxygens (including phenoxy) is 9. The van der Waals surface area contributed by atoms with Crippen LogP contribution in [0.4, 0.5) is 8.78 Å². The van der Waals surface area contributed by atoms with E-state index in [1.54, 1.807) is 92.6 Å². The molecule has 0 bridgehead atoms. The lowest BCUT2D eigenvalue weighted by Crippen LogP contribution is -2.40. The molecule has 0 unspecified atom stereocenters. The summed E-state index contributed by atoms with van der Waals surface area (Å²) in [7, 11) is 6.61. The molecule has 0 radical (unpaired) electrons. The van der Waals surface area contributed by atoms with Crippen LogP contribution in [0.1, 0.15) is 82.1 Å². The van der Waals surface area contributed by atoms with E-state index >= 15 is 0 Å². The number of benzene rings is 11. The number of hydrogen-bond donors (Lipinski definition) is 1. The number of amides is 2. The van der Waals surface area contributed by atoms with Crippen LogP contribution in [0.3, 0.4) is 0 Å². The molecule has 0 saturated carbocycles. The van der Waals surface area contributed by atoms with Crippen LogP contribution >= 0.6 is 11.6 Å². The summed E-state index contributed by atoms with van der Waals surface area (Å²) in [5, 5.41) is 57.1. The van der Waals surface area contributed by atoms with Gasteiger partial charge in [0.2, 0.25) is 13.6 Å². The summed E-state index contributed by atoms with van der Waals surface area (Å²) in [4.78, 5) is 32.0. The predicted octanol–water partition coefficient (Wildman–Crippen LogP) is 22.6. The van der Waals surface area contributed by atoms with E-state index in [9.17, 15) is 39.4 Å². The van der Waals surface area contributed by atoms with Gasteiger partial charge in [-0.1, -0.05) is 47.1 Å². The van der Waals surface area contributed by atoms with E-state index in [2.05, 4.69) is 87.2 Å². The molecule has 1 N–H and O–H groups in total. The van der Waals surface area contributed by atoms with Gasteiger partial charge in [0.1, 0.15) is 70.7 Å². The highest BCUT2D eigenvalue weighted by molar-refractivity contribution is 6.31. The number of fused-ring (bicyclic) bond motifs is 8. The van der Waals surface area contributed by atoms with Gasteiger partial charge in [-0.3, -0.25) is 9.59 Å². The third-order valence-electron chi connectivity index (χ3n) is 24.3. The SMILES string of the molecule is CCn1c(-c2ccc(C(=O)N3CCCC3)cc2)c(C#N)c2ccc(OC)cc21.CCn1c(-c2ccc(C(=O)N3CCOCC3)cc2)c(C#N)c2ccc(OC)cc21.CCn1cc(-c2cc(-c3ccc(OC)cc3)on2)c2ccc(OC)cc21.N#Cc1c[nH]c2cc(Cl)ccc12.N#Cc1cn(-c2ccc3c(c2)OCO3)c2cc(F)ccc12.N#Cc1cn(-c2ccc3c(c2)OCO3)c2cc(F)ccc12. The van der Waals surface area contributed by atoms with Crippen molar-refractivity contribution in [1.29, 1.82) is 26.3 Å². The molecule has 684 valence electrons. The van der Waals surface area contributed by atoms with E-state index in [4.69, 9.17) is 64.0 Å². The van der Waals surface area contributed by atoms with E-state index < -0.39 is 0 Å². The van der Waals surface area contributed by atoms with Gasteiger partial charge in [0, 0.05) is 183 Å². The second-order valence-corrected chi connectivity index (χ2v) is 32.4. The molecular formula is C108H89ClF2N14O12. The predicted molar refractivity (Wildman–Crippen MR) is 518 cm³/mol. The first kappa shape index (κ1) is 91.7. The smallest absolute Gasteiger partial charge is 0.254 e. The lowest BCUT2D eigenvalue weighted by atomic mass is 10.0. The van der Waals surface area contributed by atoms with E-state index in [1.165, 1.54) is 24.3 Å². The maximum atomic E-state index is 13.5. The number of rotatable bonds is 15. The molecule has 29 heteroatoms. The number of halogens is 3. The zero-order valence-corrected chi connectivity index (χ0v) is 76.5. The van der Waals surface area contributed by atoms with Crippen molar-refractivity contribution in [1.82, 2.24) is 42.8 Å². The highest BCUT2D eigenvalue weighted by Gasteiger charge is 2.27. The zero-order valence-electron chi connectivity index (χ0n) is 75.7. The molecule has 22 rings (SSSR count). The number of aromatic nitrogens is 7. The Morgan fingerprint density at radius 1 is 0.431 bits per heavy atom. The van der Waals surface area contributed by atoms with E-state index in [-0.39, 0.29) is 37.0 Å². The molecule has 11 aromatic carbocycles. The van der Waals surface area contributed by atoms with Crippen LogP contribution in [0.5, 0.6) is 46.0 Å². The van der Waals surface area contributed by atoms with Crippen molar-refractivity contribution in [3.05, 3.63) is 305 Å². The quantitative estimate of drug-likeness (QED) is 0.0996. The monoisotopic (exact) mass is 1850 g/mol. The van der Waals surface area contributed by atoms with Crippen molar-refractivity contribution in [3.8, 4) is 133 Å². The van der Waals surface area contributed by atoms with Crippen molar-refractivity contribution < 1.29 is 65.5 Å². The third-order valence-corrected chi connectivity index (χ3v) is 24.5. The number of likely N-dealkylation sites (tertiary alicyclic amines) is 1. The normalized spacial score (nSPS) is 12.6. The second kappa shape index (κ2) is 40.9. The number of nitriles is 5. The van der Waals surface area contributed by atoms with Crippen LogP contribution in [0, 0.1) is 68.3 Å². The first-order chi connectivity index (χ1) is 66.9. The first-order valence-corrected chi connectivity index (χ1v) is 44.5. The van der Waals surface area contributed by atoms with E-state index in [0.29, 0.717) is 104 Å². The fourth-order valence-corrected chi connectivity index (χ4v) is 17.6. The molecule has 2 amide bonds. The lowest BCUT2D eigenvalue weighted by molar-refractivity contribution is 0.0303. The summed E-state index contributed by atoms with van der Waals surface area (Å²) in [6, 6.07) is 78.7. The van der Waals surface area contributed by atoms with Crippen LogP contribution in [-0.2, 0) is 24.4 Å². The fraction of sp³-hybridized carbons (Fsp3) is 0.185. The average Bonchev–Trinajstić information content (AvgIpc) is 1.41. The molecule has 18 aromatic rings. The molecule has 137 heavy (non-hydrogen) atoms. The van der Waals surface area contributed by atoms with E-state index in [0.717, 1.165) is 179 Å². The van der Waals surface area contributed by atoms with Gasteiger partial charge in [-0.05, 0) is 202 Å². The molecule has 7 aromatic heterocycles. The molecule has 11 heterocycles. The summed E-state index contributed by atoms with van der Waals surface area (Å²) < 4.78 is 90.5. The number of carbonyl (C=O) groups is 2. The number of aromatic amines is 1. The molecule has 4 aliphatic rings. The highest BCUT2D eigenvalue weighted by Crippen LogP contribution is 2.43. The second-order valence-electron chi connectivity index (χ2n) is 32.0. The Labute approximate surface area is 791 Å². The van der Waals surface area contributed by atoms with Crippen LogP contribution in [0.2, 0.25) is 5.02 Å². The van der Waals surface area contributed by atoms with Gasteiger partial charge in [0.25, 0.3) is 11.8 Å². The Morgan fingerprint density at radius 2 is 0.876 bits per heavy atom.